The van der Waals surface area contributed by atoms with Crippen LogP contribution in [-0.2, 0) is 28.5 Å². The van der Waals surface area contributed by atoms with Gasteiger partial charge in [0.05, 0.1) is 26.4 Å². The van der Waals surface area contributed by atoms with Crippen LogP contribution < -0.4 is 0 Å². The quantitative estimate of drug-likeness (QED) is 0.0607. The second-order valence-corrected chi connectivity index (χ2v) is 10.4. The average molecular weight is 542 g/mol. The number of rotatable bonds is 28. The standard InChI is InChI=1S/C31H59NO6/c1-5-6-7-8-9-10-11-15-21-26-38-31(34)23-18-16-20-25-37-28-29(32(2)3)27-36-24-19-14-12-13-17-22-30(33)35-4/h15,21,29H,5-14,16-20,22-28H2,1-4H3. The first kappa shape index (κ1) is 36.6. The van der Waals surface area contributed by atoms with Crippen molar-refractivity contribution >= 4 is 11.9 Å². The maximum absolute atomic E-state index is 11.9. The highest BCUT2D eigenvalue weighted by molar-refractivity contribution is 5.69. The predicted molar refractivity (Wildman–Crippen MR) is 155 cm³/mol. The molecule has 0 aromatic carbocycles. The molecule has 38 heavy (non-hydrogen) atoms. The summed E-state index contributed by atoms with van der Waals surface area (Å²) in [5, 5.41) is 0. The van der Waals surface area contributed by atoms with Crippen molar-refractivity contribution in [3.05, 3.63) is 12.2 Å². The fraction of sp³-hybridized carbons (Fsp3) is 0.871. The zero-order valence-corrected chi connectivity index (χ0v) is 25.2. The molecule has 0 aliphatic carbocycles. The van der Waals surface area contributed by atoms with Crippen molar-refractivity contribution in [1.82, 2.24) is 4.90 Å². The zero-order valence-electron chi connectivity index (χ0n) is 25.2. The lowest BCUT2D eigenvalue weighted by Gasteiger charge is -2.24. The van der Waals surface area contributed by atoms with Crippen LogP contribution in [0.15, 0.2) is 12.2 Å². The first-order valence-corrected chi connectivity index (χ1v) is 15.2. The number of likely N-dealkylation sites (N-methyl/N-ethyl adjacent to an activating group) is 1. The molecule has 0 saturated heterocycles. The number of carbonyl (C=O) groups excluding carboxylic acids is 2. The molecule has 0 aliphatic rings. The van der Waals surface area contributed by atoms with Crippen LogP contribution in [-0.4, -0.2) is 77.1 Å². The van der Waals surface area contributed by atoms with Crippen LogP contribution in [0.25, 0.3) is 0 Å². The molecule has 0 rings (SSSR count). The number of nitrogens with zero attached hydrogens (tertiary/aromatic N) is 1. The van der Waals surface area contributed by atoms with Gasteiger partial charge in [-0.3, -0.25) is 9.59 Å². The minimum absolute atomic E-state index is 0.110. The Balaban J connectivity index is 3.57. The van der Waals surface area contributed by atoms with Gasteiger partial charge in [-0.25, -0.2) is 0 Å². The lowest BCUT2D eigenvalue weighted by Crippen LogP contribution is -2.37. The summed E-state index contributed by atoms with van der Waals surface area (Å²) < 4.78 is 21.7. The van der Waals surface area contributed by atoms with Gasteiger partial charge in [-0.1, -0.05) is 76.9 Å². The number of hydrogen-bond donors (Lipinski definition) is 0. The van der Waals surface area contributed by atoms with E-state index in [0.29, 0.717) is 39.3 Å². The minimum atomic E-state index is -0.123. The van der Waals surface area contributed by atoms with Crippen LogP contribution in [0.1, 0.15) is 116 Å². The second-order valence-electron chi connectivity index (χ2n) is 10.4. The number of unbranched alkanes of at least 4 members (excludes halogenated alkanes) is 12. The number of allylic oxidation sites excluding steroid dienone is 1. The van der Waals surface area contributed by atoms with Gasteiger partial charge in [-0.2, -0.15) is 0 Å². The van der Waals surface area contributed by atoms with Crippen LogP contribution in [0, 0.1) is 0 Å². The molecule has 0 aromatic heterocycles. The third-order valence-corrected chi connectivity index (χ3v) is 6.65. The average Bonchev–Trinajstić information content (AvgIpc) is 2.90. The largest absolute Gasteiger partial charge is 0.469 e. The topological polar surface area (TPSA) is 74.3 Å². The fourth-order valence-corrected chi connectivity index (χ4v) is 3.98. The normalized spacial score (nSPS) is 12.3. The summed E-state index contributed by atoms with van der Waals surface area (Å²) in [4.78, 5) is 25.1. The van der Waals surface area contributed by atoms with E-state index >= 15 is 0 Å². The summed E-state index contributed by atoms with van der Waals surface area (Å²) in [6, 6.07) is 0.235. The SMILES string of the molecule is CCCCCCCCC=CCOC(=O)CCCCCOCC(COCCCCCCCC(=O)OC)N(C)C. The second kappa shape index (κ2) is 28.6. The molecule has 7 nitrogen and oxygen atoms in total. The molecule has 0 bridgehead atoms. The van der Waals surface area contributed by atoms with Gasteiger partial charge in [0.2, 0.25) is 0 Å². The molecule has 1 atom stereocenters. The Morgan fingerprint density at radius 2 is 1.21 bits per heavy atom. The summed E-state index contributed by atoms with van der Waals surface area (Å²) in [6.07, 6.45) is 22.0. The van der Waals surface area contributed by atoms with Crippen LogP contribution >= 0.6 is 0 Å². The minimum Gasteiger partial charge on any atom is -0.469 e. The molecular weight excluding hydrogens is 482 g/mol. The Labute approximate surface area is 234 Å². The number of methoxy groups -OCH3 is 1. The third kappa shape index (κ3) is 26.2. The maximum atomic E-state index is 11.9. The van der Waals surface area contributed by atoms with E-state index in [1.807, 2.05) is 20.2 Å². The van der Waals surface area contributed by atoms with Gasteiger partial charge in [0.1, 0.15) is 6.61 Å². The van der Waals surface area contributed by atoms with Crippen LogP contribution in [0.3, 0.4) is 0 Å². The molecule has 0 aliphatic heterocycles. The molecule has 0 aromatic rings. The Kier molecular flexibility index (Phi) is 27.5. The summed E-state index contributed by atoms with van der Waals surface area (Å²) in [7, 11) is 5.53. The van der Waals surface area contributed by atoms with E-state index in [4.69, 9.17) is 14.2 Å². The van der Waals surface area contributed by atoms with Crippen molar-refractivity contribution in [2.24, 2.45) is 0 Å². The number of carbonyl (C=O) groups is 2. The summed E-state index contributed by atoms with van der Waals surface area (Å²) >= 11 is 0. The van der Waals surface area contributed by atoms with E-state index in [1.165, 1.54) is 45.6 Å². The molecule has 7 heteroatoms. The van der Waals surface area contributed by atoms with Crippen molar-refractivity contribution in [3.8, 4) is 0 Å². The van der Waals surface area contributed by atoms with Crippen molar-refractivity contribution in [2.45, 2.75) is 122 Å². The highest BCUT2D eigenvalue weighted by Crippen LogP contribution is 2.08. The van der Waals surface area contributed by atoms with E-state index in [-0.39, 0.29) is 18.0 Å². The van der Waals surface area contributed by atoms with Gasteiger partial charge in [0.25, 0.3) is 0 Å². The first-order valence-electron chi connectivity index (χ1n) is 15.2. The van der Waals surface area contributed by atoms with Gasteiger partial charge in [-0.15, -0.1) is 0 Å². The van der Waals surface area contributed by atoms with Gasteiger partial charge in [0.15, 0.2) is 0 Å². The van der Waals surface area contributed by atoms with Crippen molar-refractivity contribution in [2.75, 3.05) is 54.2 Å². The summed E-state index contributed by atoms with van der Waals surface area (Å²) in [5.74, 6) is -0.233. The molecule has 0 N–H and O–H groups in total. The van der Waals surface area contributed by atoms with Crippen LogP contribution in [0.2, 0.25) is 0 Å². The first-order chi connectivity index (χ1) is 18.5. The molecule has 0 fully saturated rings. The van der Waals surface area contributed by atoms with E-state index in [1.54, 1.807) is 0 Å². The van der Waals surface area contributed by atoms with E-state index in [0.717, 1.165) is 64.4 Å². The van der Waals surface area contributed by atoms with E-state index < -0.39 is 0 Å². The predicted octanol–water partition coefficient (Wildman–Crippen LogP) is 6.87. The van der Waals surface area contributed by atoms with Gasteiger partial charge in [-0.05, 0) is 52.6 Å². The highest BCUT2D eigenvalue weighted by atomic mass is 16.5. The molecule has 224 valence electrons. The van der Waals surface area contributed by atoms with Gasteiger partial charge >= 0.3 is 11.9 Å². The van der Waals surface area contributed by atoms with Crippen LogP contribution in [0.5, 0.6) is 0 Å². The molecule has 0 radical (unpaired) electrons. The molecule has 0 amide bonds. The fourth-order valence-electron chi connectivity index (χ4n) is 3.98. The lowest BCUT2D eigenvalue weighted by molar-refractivity contribution is -0.142. The Morgan fingerprint density at radius 1 is 0.684 bits per heavy atom. The molecule has 0 heterocycles. The Morgan fingerprint density at radius 3 is 1.82 bits per heavy atom. The Bertz CT molecular complexity index is 567. The van der Waals surface area contributed by atoms with Gasteiger partial charge < -0.3 is 23.8 Å². The molecular formula is C31H59NO6. The number of hydrogen-bond acceptors (Lipinski definition) is 7. The lowest BCUT2D eigenvalue weighted by atomic mass is 10.1. The molecule has 0 saturated carbocycles. The molecule has 1 unspecified atom stereocenters. The van der Waals surface area contributed by atoms with E-state index in [2.05, 4.69) is 22.6 Å². The van der Waals surface area contributed by atoms with Crippen LogP contribution in [0.4, 0.5) is 0 Å². The third-order valence-electron chi connectivity index (χ3n) is 6.65. The highest BCUT2D eigenvalue weighted by Gasteiger charge is 2.12. The van der Waals surface area contributed by atoms with Crippen molar-refractivity contribution in [3.63, 3.8) is 0 Å². The van der Waals surface area contributed by atoms with Crippen molar-refractivity contribution in [1.29, 1.82) is 0 Å². The number of ether oxygens (including phenoxy) is 4. The Hall–Kier alpha value is -1.44. The smallest absolute Gasteiger partial charge is 0.306 e. The number of esters is 2. The van der Waals surface area contributed by atoms with Crippen molar-refractivity contribution < 1.29 is 28.5 Å². The molecule has 0 spiro atoms. The van der Waals surface area contributed by atoms with E-state index in [9.17, 15) is 9.59 Å². The summed E-state index contributed by atoms with van der Waals surface area (Å²) in [6.45, 7) is 5.40. The zero-order chi connectivity index (χ0) is 28.1. The van der Waals surface area contributed by atoms with Gasteiger partial charge in [0, 0.05) is 26.1 Å². The summed E-state index contributed by atoms with van der Waals surface area (Å²) in [5.41, 5.74) is 0. The maximum Gasteiger partial charge on any atom is 0.306 e. The monoisotopic (exact) mass is 541 g/mol.